The first-order valence-corrected chi connectivity index (χ1v) is 6.17. The fraction of sp³-hybridized carbons (Fsp3) is 0.133. The molecule has 0 saturated heterocycles. The summed E-state index contributed by atoms with van der Waals surface area (Å²) in [6, 6.07) is 15.2. The zero-order valence-corrected chi connectivity index (χ0v) is 10.4. The number of anilines is 1. The minimum atomic E-state index is -0.596. The van der Waals surface area contributed by atoms with Crippen LogP contribution in [0.15, 0.2) is 54.9 Å². The Bertz CT molecular complexity index is 705. The molecule has 0 spiro atoms. The predicted octanol–water partition coefficient (Wildman–Crippen LogP) is 2.35. The van der Waals surface area contributed by atoms with Gasteiger partial charge in [-0.1, -0.05) is 24.3 Å². The van der Waals surface area contributed by atoms with Crippen molar-refractivity contribution < 1.29 is 5.11 Å². The molecule has 0 aliphatic rings. The Labute approximate surface area is 111 Å². The average Bonchev–Trinajstić information content (AvgIpc) is 2.82. The van der Waals surface area contributed by atoms with Crippen molar-refractivity contribution in [3.8, 4) is 0 Å². The molecule has 0 aliphatic heterocycles. The highest BCUT2D eigenvalue weighted by Crippen LogP contribution is 2.20. The van der Waals surface area contributed by atoms with E-state index in [-0.39, 0.29) is 0 Å². The Morgan fingerprint density at radius 1 is 1.16 bits per heavy atom. The molecule has 1 atom stereocenters. The van der Waals surface area contributed by atoms with Gasteiger partial charge in [0.25, 0.3) is 0 Å². The number of hydrogen-bond acceptors (Lipinski definition) is 3. The molecule has 0 amide bonds. The summed E-state index contributed by atoms with van der Waals surface area (Å²) in [6.45, 7) is 0.462. The summed E-state index contributed by atoms with van der Waals surface area (Å²) in [6.07, 6.45) is 1.15. The summed E-state index contributed by atoms with van der Waals surface area (Å²) < 4.78 is 1.95. The molecule has 3 aromatic rings. The van der Waals surface area contributed by atoms with Gasteiger partial charge in [-0.15, -0.1) is 0 Å². The zero-order valence-electron chi connectivity index (χ0n) is 10.4. The van der Waals surface area contributed by atoms with Crippen molar-refractivity contribution in [2.24, 2.45) is 0 Å². The van der Waals surface area contributed by atoms with Crippen LogP contribution in [-0.4, -0.2) is 14.7 Å². The summed E-state index contributed by atoms with van der Waals surface area (Å²) in [5.74, 6) is 0. The summed E-state index contributed by atoms with van der Waals surface area (Å²) in [4.78, 5) is 4.31. The Morgan fingerprint density at radius 2 is 2.00 bits per heavy atom. The van der Waals surface area contributed by atoms with E-state index in [9.17, 15) is 5.11 Å². The topological polar surface area (TPSA) is 64.1 Å². The lowest BCUT2D eigenvalue weighted by atomic mass is 10.1. The van der Waals surface area contributed by atoms with Crippen LogP contribution in [-0.2, 0) is 6.54 Å². The number of nitrogens with two attached hydrogens (primary N) is 1. The van der Waals surface area contributed by atoms with Gasteiger partial charge >= 0.3 is 0 Å². The fourth-order valence-electron chi connectivity index (χ4n) is 2.21. The summed E-state index contributed by atoms with van der Waals surface area (Å²) in [5.41, 5.74) is 9.16. The number of imidazole rings is 1. The second kappa shape index (κ2) is 4.74. The number of nitrogen functional groups attached to an aromatic ring is 1. The molecule has 1 aromatic heterocycles. The maximum Gasteiger partial charge on any atom is 0.0970 e. The molecule has 0 fully saturated rings. The molecule has 3 rings (SSSR count). The molecule has 3 N–H and O–H groups in total. The van der Waals surface area contributed by atoms with Gasteiger partial charge in [-0.05, 0) is 29.8 Å². The van der Waals surface area contributed by atoms with Gasteiger partial charge in [-0.25, -0.2) is 4.98 Å². The van der Waals surface area contributed by atoms with Crippen molar-refractivity contribution >= 4 is 16.7 Å². The Morgan fingerprint density at radius 3 is 2.84 bits per heavy atom. The van der Waals surface area contributed by atoms with Crippen LogP contribution in [0.1, 0.15) is 11.7 Å². The molecule has 0 radical (unpaired) electrons. The van der Waals surface area contributed by atoms with Gasteiger partial charge in [0.05, 0.1) is 30.0 Å². The number of aliphatic hydroxyl groups excluding tert-OH is 1. The van der Waals surface area contributed by atoms with E-state index < -0.39 is 6.10 Å². The third kappa shape index (κ3) is 2.30. The standard InChI is InChI=1S/C15H15N3O/c16-12-5-3-4-11(8-12)15(19)9-18-10-17-13-6-1-2-7-14(13)18/h1-8,10,15,19H,9,16H2. The van der Waals surface area contributed by atoms with Crippen molar-refractivity contribution in [2.45, 2.75) is 12.6 Å². The Balaban J connectivity index is 1.89. The minimum absolute atomic E-state index is 0.462. The average molecular weight is 253 g/mol. The maximum absolute atomic E-state index is 10.3. The first-order valence-electron chi connectivity index (χ1n) is 6.17. The molecule has 1 heterocycles. The number of aromatic nitrogens is 2. The number of para-hydroxylation sites is 2. The second-order valence-electron chi connectivity index (χ2n) is 4.57. The van der Waals surface area contributed by atoms with Crippen molar-refractivity contribution in [2.75, 3.05) is 5.73 Å². The second-order valence-corrected chi connectivity index (χ2v) is 4.57. The fourth-order valence-corrected chi connectivity index (χ4v) is 2.21. The summed E-state index contributed by atoms with van der Waals surface area (Å²) >= 11 is 0. The zero-order chi connectivity index (χ0) is 13.2. The first kappa shape index (κ1) is 11.7. The Hall–Kier alpha value is -2.33. The number of fused-ring (bicyclic) bond motifs is 1. The normalized spacial score (nSPS) is 12.7. The van der Waals surface area contributed by atoms with Crippen molar-refractivity contribution in [1.82, 2.24) is 9.55 Å². The van der Waals surface area contributed by atoms with E-state index >= 15 is 0 Å². The maximum atomic E-state index is 10.3. The number of aliphatic hydroxyl groups is 1. The van der Waals surface area contributed by atoms with Crippen LogP contribution in [0.4, 0.5) is 5.69 Å². The predicted molar refractivity (Wildman–Crippen MR) is 75.5 cm³/mol. The number of benzene rings is 2. The van der Waals surface area contributed by atoms with Gasteiger partial charge in [-0.3, -0.25) is 0 Å². The molecule has 2 aromatic carbocycles. The molecule has 4 heteroatoms. The number of rotatable bonds is 3. The van der Waals surface area contributed by atoms with Crippen LogP contribution < -0.4 is 5.73 Å². The highest BCUT2D eigenvalue weighted by molar-refractivity contribution is 5.74. The third-order valence-electron chi connectivity index (χ3n) is 3.19. The lowest BCUT2D eigenvalue weighted by molar-refractivity contribution is 0.158. The van der Waals surface area contributed by atoms with Crippen LogP contribution in [0, 0.1) is 0 Å². The molecule has 1 unspecified atom stereocenters. The Kier molecular flexibility index (Phi) is 2.93. The van der Waals surface area contributed by atoms with Gasteiger partial charge < -0.3 is 15.4 Å². The first-order chi connectivity index (χ1) is 9.24. The van der Waals surface area contributed by atoms with Crippen molar-refractivity contribution in [1.29, 1.82) is 0 Å². The van der Waals surface area contributed by atoms with E-state index in [0.717, 1.165) is 16.6 Å². The smallest absolute Gasteiger partial charge is 0.0970 e. The molecular formula is C15H15N3O. The van der Waals surface area contributed by atoms with Crippen LogP contribution in [0.25, 0.3) is 11.0 Å². The number of nitrogens with zero attached hydrogens (tertiary/aromatic N) is 2. The van der Waals surface area contributed by atoms with Crippen molar-refractivity contribution in [3.05, 3.63) is 60.4 Å². The van der Waals surface area contributed by atoms with E-state index in [1.54, 1.807) is 12.4 Å². The van der Waals surface area contributed by atoms with Crippen LogP contribution in [0.3, 0.4) is 0 Å². The minimum Gasteiger partial charge on any atom is -0.399 e. The lowest BCUT2D eigenvalue weighted by Gasteiger charge is -2.13. The van der Waals surface area contributed by atoms with E-state index in [1.165, 1.54) is 0 Å². The van der Waals surface area contributed by atoms with Gasteiger partial charge in [-0.2, -0.15) is 0 Å². The van der Waals surface area contributed by atoms with Gasteiger partial charge in [0.2, 0.25) is 0 Å². The molecule has 4 nitrogen and oxygen atoms in total. The quantitative estimate of drug-likeness (QED) is 0.704. The highest BCUT2D eigenvalue weighted by atomic mass is 16.3. The van der Waals surface area contributed by atoms with Crippen LogP contribution in [0.5, 0.6) is 0 Å². The monoisotopic (exact) mass is 253 g/mol. The summed E-state index contributed by atoms with van der Waals surface area (Å²) in [5, 5.41) is 10.3. The molecule has 19 heavy (non-hydrogen) atoms. The molecule has 96 valence electrons. The van der Waals surface area contributed by atoms with Crippen LogP contribution in [0.2, 0.25) is 0 Å². The van der Waals surface area contributed by atoms with Crippen molar-refractivity contribution in [3.63, 3.8) is 0 Å². The van der Waals surface area contributed by atoms with E-state index in [4.69, 9.17) is 5.73 Å². The lowest BCUT2D eigenvalue weighted by Crippen LogP contribution is -2.08. The molecule has 0 aliphatic carbocycles. The van der Waals surface area contributed by atoms with Gasteiger partial charge in [0.1, 0.15) is 0 Å². The van der Waals surface area contributed by atoms with E-state index in [0.29, 0.717) is 12.2 Å². The molecule has 0 bridgehead atoms. The molecular weight excluding hydrogens is 238 g/mol. The van der Waals surface area contributed by atoms with E-state index in [1.807, 2.05) is 47.0 Å². The van der Waals surface area contributed by atoms with Gasteiger partial charge in [0, 0.05) is 5.69 Å². The number of hydrogen-bond donors (Lipinski definition) is 2. The van der Waals surface area contributed by atoms with E-state index in [2.05, 4.69) is 4.98 Å². The highest BCUT2D eigenvalue weighted by Gasteiger charge is 2.10. The van der Waals surface area contributed by atoms with Crippen LogP contribution >= 0.6 is 0 Å². The molecule has 0 saturated carbocycles. The third-order valence-corrected chi connectivity index (χ3v) is 3.19. The largest absolute Gasteiger partial charge is 0.399 e. The SMILES string of the molecule is Nc1cccc(C(O)Cn2cnc3ccccc32)c1. The summed E-state index contributed by atoms with van der Waals surface area (Å²) in [7, 11) is 0. The van der Waals surface area contributed by atoms with Gasteiger partial charge in [0.15, 0.2) is 0 Å².